The minimum absolute atomic E-state index is 0.196. The van der Waals surface area contributed by atoms with E-state index in [9.17, 15) is 0 Å². The van der Waals surface area contributed by atoms with Crippen molar-refractivity contribution in [3.63, 3.8) is 0 Å². The van der Waals surface area contributed by atoms with Gasteiger partial charge in [0.1, 0.15) is 0 Å². The summed E-state index contributed by atoms with van der Waals surface area (Å²) in [6.07, 6.45) is 6.83. The van der Waals surface area contributed by atoms with E-state index in [0.29, 0.717) is 12.1 Å². The van der Waals surface area contributed by atoms with E-state index >= 15 is 0 Å². The minimum atomic E-state index is 0.196. The van der Waals surface area contributed by atoms with Crippen molar-refractivity contribution >= 4 is 0 Å². The Morgan fingerprint density at radius 2 is 2.25 bits per heavy atom. The highest BCUT2D eigenvalue weighted by Gasteiger charge is 2.41. The van der Waals surface area contributed by atoms with Crippen LogP contribution in [0.15, 0.2) is 12.3 Å². The maximum absolute atomic E-state index is 5.82. The highest BCUT2D eigenvalue weighted by molar-refractivity contribution is 5.07. The van der Waals surface area contributed by atoms with Crippen LogP contribution in [0, 0.1) is 5.41 Å². The zero-order valence-corrected chi connectivity index (χ0v) is 13.4. The van der Waals surface area contributed by atoms with E-state index in [2.05, 4.69) is 43.0 Å². The molecular weight excluding hydrogens is 250 g/mol. The molecular formula is C16H29N3O. The Morgan fingerprint density at radius 1 is 1.50 bits per heavy atom. The first kappa shape index (κ1) is 15.5. The average Bonchev–Trinajstić information content (AvgIpc) is 3.01. The first-order chi connectivity index (χ1) is 9.65. The Kier molecular flexibility index (Phi) is 5.22. The van der Waals surface area contributed by atoms with Crippen LogP contribution in [0.4, 0.5) is 0 Å². The van der Waals surface area contributed by atoms with Crippen LogP contribution >= 0.6 is 0 Å². The fraction of sp³-hybridized carbons (Fsp3) is 0.812. The fourth-order valence-corrected chi connectivity index (χ4v) is 3.40. The molecule has 1 fully saturated rings. The van der Waals surface area contributed by atoms with Crippen molar-refractivity contribution in [3.8, 4) is 0 Å². The number of hydrogen-bond donors (Lipinski definition) is 1. The van der Waals surface area contributed by atoms with E-state index < -0.39 is 0 Å². The van der Waals surface area contributed by atoms with E-state index in [-0.39, 0.29) is 5.41 Å². The molecule has 0 amide bonds. The van der Waals surface area contributed by atoms with Gasteiger partial charge in [-0.1, -0.05) is 13.8 Å². The summed E-state index contributed by atoms with van der Waals surface area (Å²) in [5.74, 6) is 0. The van der Waals surface area contributed by atoms with E-state index in [4.69, 9.17) is 9.84 Å². The number of aromatic nitrogens is 2. The number of hydrogen-bond acceptors (Lipinski definition) is 3. The molecule has 0 aliphatic carbocycles. The second kappa shape index (κ2) is 6.72. The zero-order valence-electron chi connectivity index (χ0n) is 13.4. The number of ether oxygens (including phenoxy) is 1. The Hall–Kier alpha value is -0.870. The quantitative estimate of drug-likeness (QED) is 0.834. The predicted molar refractivity (Wildman–Crippen MR) is 81.9 cm³/mol. The molecule has 0 bridgehead atoms. The first-order valence-electron chi connectivity index (χ1n) is 7.95. The molecule has 2 rings (SSSR count). The van der Waals surface area contributed by atoms with Crippen LogP contribution < -0.4 is 5.32 Å². The van der Waals surface area contributed by atoms with Crippen LogP contribution in [0.1, 0.15) is 51.8 Å². The van der Waals surface area contributed by atoms with Gasteiger partial charge >= 0.3 is 0 Å². The molecule has 0 spiro atoms. The lowest BCUT2D eigenvalue weighted by atomic mass is 9.77. The molecule has 1 saturated heterocycles. The van der Waals surface area contributed by atoms with Crippen molar-refractivity contribution in [1.29, 1.82) is 0 Å². The molecule has 2 heterocycles. The Balaban J connectivity index is 2.11. The topological polar surface area (TPSA) is 39.1 Å². The third-order valence-corrected chi connectivity index (χ3v) is 4.87. The summed E-state index contributed by atoms with van der Waals surface area (Å²) in [5.41, 5.74) is 1.39. The molecule has 1 aliphatic rings. The molecule has 4 nitrogen and oxygen atoms in total. The summed E-state index contributed by atoms with van der Waals surface area (Å²) in [5, 5.41) is 8.15. The number of rotatable bonds is 7. The second-order valence-electron chi connectivity index (χ2n) is 6.09. The highest BCUT2D eigenvalue weighted by atomic mass is 16.5. The average molecular weight is 279 g/mol. The molecule has 4 heteroatoms. The summed E-state index contributed by atoms with van der Waals surface area (Å²) in [7, 11) is 2.02. The zero-order chi connectivity index (χ0) is 14.6. The Bertz CT molecular complexity index is 414. The number of nitrogens with one attached hydrogen (secondary N) is 1. The molecule has 0 aromatic carbocycles. The molecule has 1 aliphatic heterocycles. The van der Waals surface area contributed by atoms with E-state index in [1.54, 1.807) is 0 Å². The van der Waals surface area contributed by atoms with Gasteiger partial charge in [0.25, 0.3) is 0 Å². The van der Waals surface area contributed by atoms with Crippen molar-refractivity contribution in [2.75, 3.05) is 20.2 Å². The molecule has 1 aromatic heterocycles. The standard InChI is InChI=1S/C16H29N3O/c1-5-15(6-2)19-9-7-14(18-19)11-16(12-17-4)8-10-20-13(16)3/h7,9,13,15,17H,5-6,8,10-12H2,1-4H3. The minimum Gasteiger partial charge on any atom is -0.378 e. The monoisotopic (exact) mass is 279 g/mol. The van der Waals surface area contributed by atoms with Gasteiger partial charge in [-0.15, -0.1) is 0 Å². The SMILES string of the molecule is CCC(CC)n1ccc(CC2(CNC)CCOC2C)n1. The number of nitrogens with zero attached hydrogens (tertiary/aromatic N) is 2. The first-order valence-corrected chi connectivity index (χ1v) is 7.95. The molecule has 0 saturated carbocycles. The van der Waals surface area contributed by atoms with Crippen LogP contribution in [0.25, 0.3) is 0 Å². The largest absolute Gasteiger partial charge is 0.378 e. The lowest BCUT2D eigenvalue weighted by Gasteiger charge is -2.31. The smallest absolute Gasteiger partial charge is 0.0631 e. The lowest BCUT2D eigenvalue weighted by Crippen LogP contribution is -2.40. The molecule has 114 valence electrons. The van der Waals surface area contributed by atoms with Gasteiger partial charge in [-0.2, -0.15) is 5.10 Å². The van der Waals surface area contributed by atoms with Crippen LogP contribution in [0.2, 0.25) is 0 Å². The van der Waals surface area contributed by atoms with Gasteiger partial charge in [-0.05, 0) is 39.3 Å². The maximum Gasteiger partial charge on any atom is 0.0631 e. The van der Waals surface area contributed by atoms with Crippen LogP contribution in [-0.4, -0.2) is 36.1 Å². The van der Waals surface area contributed by atoms with Crippen LogP contribution in [-0.2, 0) is 11.2 Å². The van der Waals surface area contributed by atoms with Crippen molar-refractivity contribution in [1.82, 2.24) is 15.1 Å². The van der Waals surface area contributed by atoms with Crippen molar-refractivity contribution < 1.29 is 4.74 Å². The van der Waals surface area contributed by atoms with Crippen LogP contribution in [0.3, 0.4) is 0 Å². The van der Waals surface area contributed by atoms with E-state index in [0.717, 1.165) is 38.8 Å². The summed E-state index contributed by atoms with van der Waals surface area (Å²) >= 11 is 0. The van der Waals surface area contributed by atoms with Gasteiger partial charge in [-0.25, -0.2) is 0 Å². The van der Waals surface area contributed by atoms with Gasteiger partial charge in [-0.3, -0.25) is 4.68 Å². The molecule has 2 atom stereocenters. The maximum atomic E-state index is 5.82. The third-order valence-electron chi connectivity index (χ3n) is 4.87. The van der Waals surface area contributed by atoms with Crippen molar-refractivity contribution in [2.24, 2.45) is 5.41 Å². The fourth-order valence-electron chi connectivity index (χ4n) is 3.40. The van der Waals surface area contributed by atoms with Crippen molar-refractivity contribution in [2.45, 2.75) is 58.6 Å². The normalized spacial score (nSPS) is 26.6. The molecule has 20 heavy (non-hydrogen) atoms. The lowest BCUT2D eigenvalue weighted by molar-refractivity contribution is 0.0634. The molecule has 0 radical (unpaired) electrons. The van der Waals surface area contributed by atoms with Gasteiger partial charge in [0.05, 0.1) is 17.8 Å². The van der Waals surface area contributed by atoms with Gasteiger partial charge in [0.2, 0.25) is 0 Å². The summed E-state index contributed by atoms with van der Waals surface area (Å²) in [6, 6.07) is 2.71. The molecule has 1 N–H and O–H groups in total. The summed E-state index contributed by atoms with van der Waals surface area (Å²) in [4.78, 5) is 0. The van der Waals surface area contributed by atoms with E-state index in [1.165, 1.54) is 5.69 Å². The van der Waals surface area contributed by atoms with Gasteiger partial charge in [0.15, 0.2) is 0 Å². The summed E-state index contributed by atoms with van der Waals surface area (Å²) in [6.45, 7) is 8.51. The highest BCUT2D eigenvalue weighted by Crippen LogP contribution is 2.37. The van der Waals surface area contributed by atoms with Crippen LogP contribution in [0.5, 0.6) is 0 Å². The third kappa shape index (κ3) is 3.07. The van der Waals surface area contributed by atoms with Crippen molar-refractivity contribution in [3.05, 3.63) is 18.0 Å². The Labute approximate surface area is 122 Å². The Morgan fingerprint density at radius 3 is 2.80 bits per heavy atom. The molecule has 2 unspecified atom stereocenters. The van der Waals surface area contributed by atoms with E-state index in [1.807, 2.05) is 7.05 Å². The second-order valence-corrected chi connectivity index (χ2v) is 6.09. The van der Waals surface area contributed by atoms with Gasteiger partial charge in [0, 0.05) is 31.2 Å². The summed E-state index contributed by atoms with van der Waals surface area (Å²) < 4.78 is 7.96. The molecule has 1 aromatic rings. The predicted octanol–water partition coefficient (Wildman–Crippen LogP) is 2.80. The van der Waals surface area contributed by atoms with Gasteiger partial charge < -0.3 is 10.1 Å².